The monoisotopic (exact) mass is 218 g/mol. The smallest absolute Gasteiger partial charge is 0.0289 e. The number of rotatable bonds is 3. The summed E-state index contributed by atoms with van der Waals surface area (Å²) in [5.74, 6) is 0. The van der Waals surface area contributed by atoms with Crippen LogP contribution in [0.1, 0.15) is 44.2 Å². The Kier molecular flexibility index (Phi) is 2.92. The molecule has 0 spiro atoms. The first-order valence-corrected chi connectivity index (χ1v) is 6.21. The quantitative estimate of drug-likeness (QED) is 0.687. The Morgan fingerprint density at radius 1 is 1.33 bits per heavy atom. The zero-order chi connectivity index (χ0) is 10.9. The highest BCUT2D eigenvalue weighted by atomic mass is 32.1. The van der Waals surface area contributed by atoms with E-state index in [1.807, 2.05) is 0 Å². The van der Waals surface area contributed by atoms with Crippen molar-refractivity contribution in [3.63, 3.8) is 0 Å². The van der Waals surface area contributed by atoms with Crippen LogP contribution >= 0.6 is 12.2 Å². The van der Waals surface area contributed by atoms with Crippen molar-refractivity contribution >= 4 is 17.1 Å². The molecule has 1 aromatic rings. The van der Waals surface area contributed by atoms with E-state index in [1.54, 1.807) is 0 Å². The molecule has 0 N–H and O–H groups in total. The molecule has 1 aliphatic rings. The molecule has 0 amide bonds. The third kappa shape index (κ3) is 1.85. The molecule has 1 atom stereocenters. The summed E-state index contributed by atoms with van der Waals surface area (Å²) >= 11 is 5.62. The molecule has 1 aromatic carbocycles. The van der Waals surface area contributed by atoms with Crippen molar-refractivity contribution in [1.29, 1.82) is 0 Å². The van der Waals surface area contributed by atoms with Crippen LogP contribution < -0.4 is 0 Å². The van der Waals surface area contributed by atoms with E-state index >= 15 is 0 Å². The molecule has 0 aromatic heterocycles. The fourth-order valence-corrected chi connectivity index (χ4v) is 2.86. The zero-order valence-corrected chi connectivity index (χ0v) is 10.4. The van der Waals surface area contributed by atoms with Crippen molar-refractivity contribution in [2.45, 2.75) is 39.5 Å². The van der Waals surface area contributed by atoms with E-state index in [0.717, 1.165) is 6.42 Å². The first kappa shape index (κ1) is 10.8. The molecule has 0 heterocycles. The average Bonchev–Trinajstić information content (AvgIpc) is 2.50. The van der Waals surface area contributed by atoms with E-state index < -0.39 is 0 Å². The van der Waals surface area contributed by atoms with Gasteiger partial charge in [0.2, 0.25) is 0 Å². The molecule has 1 aliphatic carbocycles. The van der Waals surface area contributed by atoms with E-state index in [0.29, 0.717) is 0 Å². The highest BCUT2D eigenvalue weighted by Crippen LogP contribution is 2.40. The molecule has 0 nitrogen and oxygen atoms in total. The van der Waals surface area contributed by atoms with Crippen LogP contribution in [0.4, 0.5) is 0 Å². The molecule has 1 unspecified atom stereocenters. The van der Waals surface area contributed by atoms with Gasteiger partial charge in [-0.2, -0.15) is 0 Å². The summed E-state index contributed by atoms with van der Waals surface area (Å²) in [5.41, 5.74) is 3.02. The molecule has 80 valence electrons. The minimum Gasteiger partial charge on any atom is -0.0836 e. The Hall–Kier alpha value is -0.690. The van der Waals surface area contributed by atoms with Gasteiger partial charge in [0.05, 0.1) is 0 Å². The normalized spacial score (nSPS) is 24.3. The summed E-state index contributed by atoms with van der Waals surface area (Å²) in [4.78, 5) is 1.19. The van der Waals surface area contributed by atoms with E-state index in [-0.39, 0.29) is 5.41 Å². The fraction of sp³-hybridized carbons (Fsp3) is 0.500. The Morgan fingerprint density at radius 3 is 2.73 bits per heavy atom. The van der Waals surface area contributed by atoms with Gasteiger partial charge in [-0.25, -0.2) is 0 Å². The number of thiocarbonyl (C=S) groups is 1. The third-order valence-electron chi connectivity index (χ3n) is 3.47. The molecule has 0 saturated heterocycles. The van der Waals surface area contributed by atoms with E-state index in [4.69, 9.17) is 12.2 Å². The van der Waals surface area contributed by atoms with Crippen molar-refractivity contribution in [1.82, 2.24) is 0 Å². The number of hydrogen-bond donors (Lipinski definition) is 0. The van der Waals surface area contributed by atoms with Gasteiger partial charge in [0, 0.05) is 10.3 Å². The lowest BCUT2D eigenvalue weighted by Crippen LogP contribution is -2.22. The summed E-state index contributed by atoms with van der Waals surface area (Å²) < 4.78 is 0. The van der Waals surface area contributed by atoms with Crippen LogP contribution in [0.15, 0.2) is 24.3 Å². The number of fused-ring (bicyclic) bond motifs is 1. The first-order chi connectivity index (χ1) is 7.17. The van der Waals surface area contributed by atoms with Gasteiger partial charge in [0.25, 0.3) is 0 Å². The molecule has 15 heavy (non-hydrogen) atoms. The first-order valence-electron chi connectivity index (χ1n) is 5.80. The van der Waals surface area contributed by atoms with E-state index in [2.05, 4.69) is 38.1 Å². The van der Waals surface area contributed by atoms with Crippen LogP contribution in [0.25, 0.3) is 0 Å². The van der Waals surface area contributed by atoms with Crippen LogP contribution in [-0.4, -0.2) is 4.86 Å². The van der Waals surface area contributed by atoms with Crippen molar-refractivity contribution in [3.8, 4) is 0 Å². The third-order valence-corrected chi connectivity index (χ3v) is 4.19. The molecule has 1 heteroatoms. The number of unbranched alkanes of at least 4 members (excludes halogenated alkanes) is 1. The van der Waals surface area contributed by atoms with Crippen molar-refractivity contribution in [2.24, 2.45) is 5.41 Å². The SMILES string of the molecule is CCCCC1(C)Cc2ccccc2C1=S. The van der Waals surface area contributed by atoms with Crippen molar-refractivity contribution in [3.05, 3.63) is 35.4 Å². The zero-order valence-electron chi connectivity index (χ0n) is 9.55. The number of hydrogen-bond acceptors (Lipinski definition) is 1. The Bertz CT molecular complexity index is 381. The van der Waals surface area contributed by atoms with Crippen molar-refractivity contribution in [2.75, 3.05) is 0 Å². The van der Waals surface area contributed by atoms with Crippen LogP contribution in [0.3, 0.4) is 0 Å². The van der Waals surface area contributed by atoms with E-state index in [9.17, 15) is 0 Å². The maximum absolute atomic E-state index is 5.62. The topological polar surface area (TPSA) is 0 Å². The highest BCUT2D eigenvalue weighted by molar-refractivity contribution is 7.81. The van der Waals surface area contributed by atoms with Gasteiger partial charge < -0.3 is 0 Å². The molecule has 0 fully saturated rings. The molecule has 2 rings (SSSR count). The summed E-state index contributed by atoms with van der Waals surface area (Å²) in [5, 5.41) is 0. The van der Waals surface area contributed by atoms with Crippen molar-refractivity contribution < 1.29 is 0 Å². The van der Waals surface area contributed by atoms with Gasteiger partial charge >= 0.3 is 0 Å². The molecule has 0 saturated carbocycles. The van der Waals surface area contributed by atoms with Gasteiger partial charge in [-0.3, -0.25) is 0 Å². The lowest BCUT2D eigenvalue weighted by atomic mass is 9.82. The standard InChI is InChI=1S/C14H18S/c1-3-4-9-14(2)10-11-7-5-6-8-12(11)13(14)15/h5-8H,3-4,9-10H2,1-2H3. The largest absolute Gasteiger partial charge is 0.0836 e. The Balaban J connectivity index is 2.26. The second kappa shape index (κ2) is 4.05. The van der Waals surface area contributed by atoms with Crippen LogP contribution in [0.5, 0.6) is 0 Å². The van der Waals surface area contributed by atoms with Gasteiger partial charge in [-0.1, -0.05) is 63.2 Å². The molecular weight excluding hydrogens is 200 g/mol. The Morgan fingerprint density at radius 2 is 2.07 bits per heavy atom. The summed E-state index contributed by atoms with van der Waals surface area (Å²) in [6.07, 6.45) is 4.91. The van der Waals surface area contributed by atoms with Gasteiger partial charge in [-0.05, 0) is 24.0 Å². The molecule has 0 radical (unpaired) electrons. The highest BCUT2D eigenvalue weighted by Gasteiger charge is 2.36. The minimum absolute atomic E-state index is 0.245. The molecule has 0 bridgehead atoms. The Labute approximate surface area is 97.7 Å². The predicted octanol–water partition coefficient (Wildman–Crippen LogP) is 4.16. The summed E-state index contributed by atoms with van der Waals surface area (Å²) in [7, 11) is 0. The van der Waals surface area contributed by atoms with Crippen LogP contribution in [0, 0.1) is 5.41 Å². The lowest BCUT2D eigenvalue weighted by molar-refractivity contribution is 0.426. The molecular formula is C14H18S. The van der Waals surface area contributed by atoms with Crippen LogP contribution in [-0.2, 0) is 6.42 Å². The van der Waals surface area contributed by atoms with Gasteiger partial charge in [-0.15, -0.1) is 0 Å². The predicted molar refractivity (Wildman–Crippen MR) is 69.5 cm³/mol. The minimum atomic E-state index is 0.245. The maximum atomic E-state index is 5.62. The second-order valence-electron chi connectivity index (χ2n) is 4.83. The second-order valence-corrected chi connectivity index (χ2v) is 5.24. The van der Waals surface area contributed by atoms with Crippen LogP contribution in [0.2, 0.25) is 0 Å². The van der Waals surface area contributed by atoms with E-state index in [1.165, 1.54) is 35.3 Å². The summed E-state index contributed by atoms with van der Waals surface area (Å²) in [6.45, 7) is 4.57. The molecule has 0 aliphatic heterocycles. The number of benzene rings is 1. The fourth-order valence-electron chi connectivity index (χ4n) is 2.49. The lowest BCUT2D eigenvalue weighted by Gasteiger charge is -2.23. The van der Waals surface area contributed by atoms with Gasteiger partial charge in [0.15, 0.2) is 0 Å². The summed E-state index contributed by atoms with van der Waals surface area (Å²) in [6, 6.07) is 8.61. The maximum Gasteiger partial charge on any atom is 0.0289 e. The average molecular weight is 218 g/mol. The van der Waals surface area contributed by atoms with Gasteiger partial charge in [0.1, 0.15) is 0 Å².